The first-order chi connectivity index (χ1) is 10.3. The lowest BCUT2D eigenvalue weighted by atomic mass is 10.1. The Morgan fingerprint density at radius 1 is 1.27 bits per heavy atom. The lowest BCUT2D eigenvalue weighted by Gasteiger charge is -2.17. The maximum absolute atomic E-state index is 13.0. The summed E-state index contributed by atoms with van der Waals surface area (Å²) in [5.41, 5.74) is -0.924. The van der Waals surface area contributed by atoms with E-state index in [-0.39, 0.29) is 12.1 Å². The van der Waals surface area contributed by atoms with E-state index < -0.39 is 29.7 Å². The molecule has 22 heavy (non-hydrogen) atoms. The highest BCUT2D eigenvalue weighted by Crippen LogP contribution is 2.32. The van der Waals surface area contributed by atoms with Crippen LogP contribution in [0.5, 0.6) is 0 Å². The first kappa shape index (κ1) is 16.7. The van der Waals surface area contributed by atoms with Crippen LogP contribution in [0.25, 0.3) is 0 Å². The number of rotatable bonds is 5. The molecule has 0 radical (unpaired) electrons. The van der Waals surface area contributed by atoms with Crippen molar-refractivity contribution in [3.8, 4) is 0 Å². The molecule has 1 atom stereocenters. The molecule has 0 spiro atoms. The van der Waals surface area contributed by atoms with Crippen LogP contribution in [0.3, 0.4) is 0 Å². The number of amides is 3. The van der Waals surface area contributed by atoms with Gasteiger partial charge in [0.05, 0.1) is 12.1 Å². The number of urea groups is 1. The molecular formula is C14H15F3N2O2S. The van der Waals surface area contributed by atoms with E-state index >= 15 is 0 Å². The number of hydrogen-bond donors (Lipinski definition) is 1. The number of alkyl halides is 3. The van der Waals surface area contributed by atoms with E-state index in [9.17, 15) is 22.8 Å². The number of carbonyl (C=O) groups is 2. The van der Waals surface area contributed by atoms with Gasteiger partial charge < -0.3 is 5.32 Å². The maximum Gasteiger partial charge on any atom is 0.416 e. The second-order valence-electron chi connectivity index (χ2n) is 4.86. The van der Waals surface area contributed by atoms with Gasteiger partial charge in [0.15, 0.2) is 0 Å². The zero-order chi connectivity index (χ0) is 16.3. The molecule has 1 fully saturated rings. The molecule has 8 heteroatoms. The van der Waals surface area contributed by atoms with Crippen LogP contribution < -0.4 is 5.32 Å². The Hall–Kier alpha value is -1.70. The molecule has 4 nitrogen and oxygen atoms in total. The normalized spacial score (nSPS) is 18.7. The van der Waals surface area contributed by atoms with Gasteiger partial charge in [-0.2, -0.15) is 24.9 Å². The minimum absolute atomic E-state index is 0.0935. The molecule has 1 aliphatic rings. The van der Waals surface area contributed by atoms with Crippen LogP contribution in [0.15, 0.2) is 24.3 Å². The largest absolute Gasteiger partial charge is 0.416 e. The van der Waals surface area contributed by atoms with Crippen LogP contribution in [-0.4, -0.2) is 34.9 Å². The fourth-order valence-corrected chi connectivity index (χ4v) is 2.73. The number of imide groups is 1. The van der Waals surface area contributed by atoms with Gasteiger partial charge in [-0.15, -0.1) is 0 Å². The Bertz CT molecular complexity index is 577. The average Bonchev–Trinajstić information content (AvgIpc) is 2.72. The van der Waals surface area contributed by atoms with E-state index in [4.69, 9.17) is 0 Å². The van der Waals surface area contributed by atoms with Crippen molar-refractivity contribution < 1.29 is 22.8 Å². The number of halogens is 3. The van der Waals surface area contributed by atoms with E-state index in [1.54, 1.807) is 0 Å². The summed E-state index contributed by atoms with van der Waals surface area (Å²) < 4.78 is 38.9. The van der Waals surface area contributed by atoms with Gasteiger partial charge in [-0.3, -0.25) is 9.69 Å². The third kappa shape index (κ3) is 3.55. The lowest BCUT2D eigenvalue weighted by Crippen LogP contribution is -2.32. The quantitative estimate of drug-likeness (QED) is 0.844. The number of hydrogen-bond acceptors (Lipinski definition) is 3. The van der Waals surface area contributed by atoms with E-state index in [0.717, 1.165) is 11.0 Å². The van der Waals surface area contributed by atoms with Crippen molar-refractivity contribution in [2.24, 2.45) is 0 Å². The molecular weight excluding hydrogens is 317 g/mol. The first-order valence-corrected chi connectivity index (χ1v) is 8.00. The fourth-order valence-electron chi connectivity index (χ4n) is 2.26. The van der Waals surface area contributed by atoms with Crippen molar-refractivity contribution in [2.45, 2.75) is 25.2 Å². The Kier molecular flexibility index (Phi) is 5.00. The molecule has 1 N–H and O–H groups in total. The zero-order valence-electron chi connectivity index (χ0n) is 11.8. The van der Waals surface area contributed by atoms with E-state index in [1.165, 1.54) is 30.0 Å². The summed E-state index contributed by atoms with van der Waals surface area (Å²) in [6.07, 6.45) is -2.18. The van der Waals surface area contributed by atoms with Gasteiger partial charge in [-0.1, -0.05) is 18.2 Å². The molecule has 1 aliphatic heterocycles. The SMILES string of the molecule is CSCCC1NC(=O)N(Cc2ccccc2C(F)(F)F)C1=O. The van der Waals surface area contributed by atoms with Crippen molar-refractivity contribution in [1.29, 1.82) is 0 Å². The van der Waals surface area contributed by atoms with Crippen LogP contribution in [0, 0.1) is 0 Å². The summed E-state index contributed by atoms with van der Waals surface area (Å²) in [5, 5.41) is 2.51. The molecule has 2 rings (SSSR count). The van der Waals surface area contributed by atoms with Crippen molar-refractivity contribution in [2.75, 3.05) is 12.0 Å². The second kappa shape index (κ2) is 6.60. The van der Waals surface area contributed by atoms with Crippen LogP contribution >= 0.6 is 11.8 Å². The summed E-state index contributed by atoms with van der Waals surface area (Å²) in [5.74, 6) is 0.208. The molecule has 1 heterocycles. The first-order valence-electron chi connectivity index (χ1n) is 6.60. The van der Waals surface area contributed by atoms with Gasteiger partial charge >= 0.3 is 12.2 Å². The minimum Gasteiger partial charge on any atom is -0.326 e. The van der Waals surface area contributed by atoms with E-state index in [1.807, 2.05) is 6.26 Å². The average molecular weight is 332 g/mol. The number of carbonyl (C=O) groups excluding carboxylic acids is 2. The molecule has 1 unspecified atom stereocenters. The second-order valence-corrected chi connectivity index (χ2v) is 5.85. The number of nitrogens with zero attached hydrogens (tertiary/aromatic N) is 1. The smallest absolute Gasteiger partial charge is 0.326 e. The van der Waals surface area contributed by atoms with Crippen LogP contribution in [0.2, 0.25) is 0 Å². The third-order valence-corrected chi connectivity index (χ3v) is 4.01. The third-order valence-electron chi connectivity index (χ3n) is 3.37. The molecule has 1 aromatic carbocycles. The molecule has 1 saturated heterocycles. The van der Waals surface area contributed by atoms with Crippen molar-refractivity contribution in [3.05, 3.63) is 35.4 Å². The van der Waals surface area contributed by atoms with E-state index in [2.05, 4.69) is 5.32 Å². The predicted molar refractivity (Wildman–Crippen MR) is 77.3 cm³/mol. The maximum atomic E-state index is 13.0. The van der Waals surface area contributed by atoms with Crippen molar-refractivity contribution in [1.82, 2.24) is 10.2 Å². The molecule has 120 valence electrons. The van der Waals surface area contributed by atoms with Gasteiger partial charge in [0.2, 0.25) is 0 Å². The summed E-state index contributed by atoms with van der Waals surface area (Å²) in [6, 6.07) is 3.65. The Morgan fingerprint density at radius 2 is 1.95 bits per heavy atom. The fraction of sp³-hybridized carbons (Fsp3) is 0.429. The Morgan fingerprint density at radius 3 is 2.59 bits per heavy atom. The summed E-state index contributed by atoms with van der Waals surface area (Å²) in [7, 11) is 0. The topological polar surface area (TPSA) is 49.4 Å². The molecule has 3 amide bonds. The lowest BCUT2D eigenvalue weighted by molar-refractivity contribution is -0.139. The standard InChI is InChI=1S/C14H15F3N2O2S/c1-22-7-6-11-12(20)19(13(21)18-11)8-9-4-2-3-5-10(9)14(15,16)17/h2-5,11H,6-8H2,1H3,(H,18,21). The van der Waals surface area contributed by atoms with Gasteiger partial charge in [-0.25, -0.2) is 4.79 Å². The van der Waals surface area contributed by atoms with Crippen LogP contribution in [-0.2, 0) is 17.5 Å². The van der Waals surface area contributed by atoms with Crippen LogP contribution in [0.1, 0.15) is 17.5 Å². The van der Waals surface area contributed by atoms with Gasteiger partial charge in [0, 0.05) is 0 Å². The Labute approximate surface area is 130 Å². The highest BCUT2D eigenvalue weighted by atomic mass is 32.2. The highest BCUT2D eigenvalue weighted by Gasteiger charge is 2.39. The number of thioether (sulfide) groups is 1. The summed E-state index contributed by atoms with van der Waals surface area (Å²) >= 11 is 1.53. The monoisotopic (exact) mass is 332 g/mol. The number of benzene rings is 1. The molecule has 1 aromatic rings. The minimum atomic E-state index is -4.52. The molecule has 0 saturated carbocycles. The summed E-state index contributed by atoms with van der Waals surface area (Å²) in [6.45, 7) is -0.379. The summed E-state index contributed by atoms with van der Waals surface area (Å²) in [4.78, 5) is 24.8. The van der Waals surface area contributed by atoms with Crippen LogP contribution in [0.4, 0.5) is 18.0 Å². The molecule has 0 aromatic heterocycles. The van der Waals surface area contributed by atoms with Crippen molar-refractivity contribution in [3.63, 3.8) is 0 Å². The predicted octanol–water partition coefficient (Wildman–Crippen LogP) is 2.88. The van der Waals surface area contributed by atoms with E-state index in [0.29, 0.717) is 12.2 Å². The Balaban J connectivity index is 2.18. The van der Waals surface area contributed by atoms with Gasteiger partial charge in [0.25, 0.3) is 5.91 Å². The van der Waals surface area contributed by atoms with Gasteiger partial charge in [-0.05, 0) is 30.1 Å². The zero-order valence-corrected chi connectivity index (χ0v) is 12.6. The molecule has 0 bridgehead atoms. The highest BCUT2D eigenvalue weighted by molar-refractivity contribution is 7.98. The van der Waals surface area contributed by atoms with Crippen molar-refractivity contribution >= 4 is 23.7 Å². The molecule has 0 aliphatic carbocycles. The number of nitrogens with one attached hydrogen (secondary N) is 1. The van der Waals surface area contributed by atoms with Gasteiger partial charge in [0.1, 0.15) is 6.04 Å².